The summed E-state index contributed by atoms with van der Waals surface area (Å²) in [7, 11) is 0. The van der Waals surface area contributed by atoms with E-state index in [-0.39, 0.29) is 43.7 Å². The molecule has 1 aromatic carbocycles. The van der Waals surface area contributed by atoms with E-state index in [1.807, 2.05) is 11.8 Å². The van der Waals surface area contributed by atoms with E-state index in [0.29, 0.717) is 86.0 Å². The number of hydrogen-bond acceptors (Lipinski definition) is 10. The number of aromatic nitrogens is 2. The van der Waals surface area contributed by atoms with Crippen molar-refractivity contribution in [3.8, 4) is 5.75 Å². The molecule has 2 fully saturated rings. The zero-order valence-electron chi connectivity index (χ0n) is 26.6. The van der Waals surface area contributed by atoms with Crippen LogP contribution in [0.2, 0.25) is 10.0 Å². The summed E-state index contributed by atoms with van der Waals surface area (Å²) in [5, 5.41) is 12.8. The number of unbranched alkanes of at least 4 members (excludes halogenated alkanes) is 1. The predicted octanol–water partition coefficient (Wildman–Crippen LogP) is 3.00. The first-order chi connectivity index (χ1) is 23.3. The fourth-order valence-corrected chi connectivity index (χ4v) is 7.18. The van der Waals surface area contributed by atoms with Crippen molar-refractivity contribution in [1.82, 2.24) is 25.7 Å². The van der Waals surface area contributed by atoms with Crippen LogP contribution in [0.15, 0.2) is 29.1 Å². The maximum absolute atomic E-state index is 12.4. The molecule has 3 amide bonds. The van der Waals surface area contributed by atoms with Crippen molar-refractivity contribution in [3.63, 3.8) is 0 Å². The number of nitrogens with zero attached hydrogens (tertiary/aromatic N) is 1. The molecule has 0 unspecified atom stereocenters. The van der Waals surface area contributed by atoms with Gasteiger partial charge >= 0.3 is 6.03 Å². The highest BCUT2D eigenvalue weighted by Crippen LogP contribution is 2.33. The Bertz CT molecular complexity index is 1370. The highest BCUT2D eigenvalue weighted by atomic mass is 35.5. The van der Waals surface area contributed by atoms with Gasteiger partial charge in [-0.2, -0.15) is 16.4 Å². The number of halogens is 2. The van der Waals surface area contributed by atoms with Crippen LogP contribution in [0.3, 0.4) is 0 Å². The van der Waals surface area contributed by atoms with Crippen molar-refractivity contribution in [2.75, 3.05) is 65.2 Å². The summed E-state index contributed by atoms with van der Waals surface area (Å²) in [5.41, 5.74) is -0.0643. The van der Waals surface area contributed by atoms with Gasteiger partial charge in [0.25, 0.3) is 11.5 Å². The van der Waals surface area contributed by atoms with Gasteiger partial charge in [-0.3, -0.25) is 19.5 Å². The van der Waals surface area contributed by atoms with E-state index < -0.39 is 11.5 Å². The van der Waals surface area contributed by atoms with Crippen LogP contribution in [0.1, 0.15) is 42.6 Å². The maximum atomic E-state index is 12.4. The molecule has 17 heteroatoms. The molecule has 14 nitrogen and oxygen atoms in total. The summed E-state index contributed by atoms with van der Waals surface area (Å²) in [6.07, 6.45) is 3.27. The van der Waals surface area contributed by atoms with Gasteiger partial charge in [-0.1, -0.05) is 29.6 Å². The molecular weight excluding hydrogens is 689 g/mol. The second-order valence-corrected chi connectivity index (χ2v) is 13.3. The monoisotopic (exact) mass is 731 g/mol. The molecule has 0 bridgehead atoms. The molecule has 266 valence electrons. The van der Waals surface area contributed by atoms with Crippen LogP contribution >= 0.6 is 35.0 Å². The maximum Gasteiger partial charge on any atom is 0.315 e. The first-order valence-electron chi connectivity index (χ1n) is 16.0. The van der Waals surface area contributed by atoms with Crippen molar-refractivity contribution >= 4 is 52.8 Å². The van der Waals surface area contributed by atoms with Gasteiger partial charge in [0.15, 0.2) is 0 Å². The number of thioether (sulfide) groups is 1. The van der Waals surface area contributed by atoms with Gasteiger partial charge in [-0.25, -0.2) is 4.79 Å². The molecule has 0 aliphatic carbocycles. The number of carbonyl (C=O) groups is 3. The van der Waals surface area contributed by atoms with E-state index in [0.717, 1.165) is 29.7 Å². The molecule has 48 heavy (non-hydrogen) atoms. The summed E-state index contributed by atoms with van der Waals surface area (Å²) >= 11 is 13.8. The van der Waals surface area contributed by atoms with E-state index >= 15 is 0 Å². The molecule has 3 heterocycles. The minimum atomic E-state index is -0.488. The molecule has 4 rings (SSSR count). The summed E-state index contributed by atoms with van der Waals surface area (Å²) in [6, 6.07) is 6.42. The van der Waals surface area contributed by atoms with E-state index in [2.05, 4.69) is 21.0 Å². The minimum Gasteiger partial charge on any atom is -0.487 e. The standard InChI is InChI=1S/C31H43Cl2N5O9S/c32-21-15-22(33)17-24(16-21)47-19-23-18-29(41)38(37-23)28(40)5-7-43-9-11-45-13-14-46-12-10-44-8-6-34-27(39)4-2-1-3-26-30-25(20-48-26)35-31(42)36-30/h15-18,25-26,30,37H,1-14,19-20H2,(H,34,39)(H2,35,36,42)/t25-,26-,30-/m0/s1. The number of ether oxygens (including phenoxy) is 5. The molecule has 4 N–H and O–H groups in total. The van der Waals surface area contributed by atoms with Crippen molar-refractivity contribution in [2.45, 2.75) is 56.0 Å². The lowest BCUT2D eigenvalue weighted by atomic mass is 10.0. The lowest BCUT2D eigenvalue weighted by Gasteiger charge is -2.16. The first-order valence-corrected chi connectivity index (χ1v) is 17.8. The molecular formula is C31H43Cl2N5O9S. The van der Waals surface area contributed by atoms with Crippen molar-refractivity contribution < 1.29 is 38.1 Å². The largest absolute Gasteiger partial charge is 0.487 e. The lowest BCUT2D eigenvalue weighted by molar-refractivity contribution is -0.121. The number of carbonyl (C=O) groups excluding carboxylic acids is 3. The second kappa shape index (κ2) is 20.7. The topological polar surface area (TPSA) is 171 Å². The second-order valence-electron chi connectivity index (χ2n) is 11.2. The minimum absolute atomic E-state index is 0.0128. The molecule has 0 spiro atoms. The zero-order chi connectivity index (χ0) is 34.1. The number of aromatic amines is 1. The Balaban J connectivity index is 0.895. The predicted molar refractivity (Wildman–Crippen MR) is 181 cm³/mol. The quantitative estimate of drug-likeness (QED) is 0.0984. The molecule has 0 saturated carbocycles. The zero-order valence-corrected chi connectivity index (χ0v) is 29.0. The number of fused-ring (bicyclic) bond motifs is 1. The van der Waals surface area contributed by atoms with Gasteiger partial charge in [0.05, 0.1) is 77.1 Å². The third-order valence-corrected chi connectivity index (χ3v) is 9.42. The van der Waals surface area contributed by atoms with E-state index in [1.165, 1.54) is 6.07 Å². The van der Waals surface area contributed by atoms with Crippen LogP contribution in [-0.4, -0.2) is 110 Å². The van der Waals surface area contributed by atoms with Crippen LogP contribution in [-0.2, 0) is 30.3 Å². The molecule has 0 radical (unpaired) electrons. The van der Waals surface area contributed by atoms with E-state index in [9.17, 15) is 19.2 Å². The van der Waals surface area contributed by atoms with Crippen molar-refractivity contribution in [1.29, 1.82) is 0 Å². The average molecular weight is 733 g/mol. The SMILES string of the molecule is O=C(CCCC[C@@H]1SC[C@@H]2NC(=O)N[C@@H]21)NCCOCCOCCOCCOCCC(=O)n1[nH]c(COc2cc(Cl)cc(Cl)c2)cc1=O. The molecule has 2 aliphatic rings. The number of hydrogen-bond donors (Lipinski definition) is 4. The third kappa shape index (κ3) is 13.3. The lowest BCUT2D eigenvalue weighted by Crippen LogP contribution is -2.36. The van der Waals surface area contributed by atoms with E-state index in [1.54, 1.807) is 18.2 Å². The first kappa shape index (κ1) is 38.0. The van der Waals surface area contributed by atoms with Gasteiger partial charge < -0.3 is 39.6 Å². The highest BCUT2D eigenvalue weighted by Gasteiger charge is 2.42. The van der Waals surface area contributed by atoms with Crippen LogP contribution in [0, 0.1) is 0 Å². The number of H-pyrrole nitrogens is 1. The van der Waals surface area contributed by atoms with Crippen LogP contribution in [0.25, 0.3) is 0 Å². The highest BCUT2D eigenvalue weighted by molar-refractivity contribution is 8.00. The van der Waals surface area contributed by atoms with Gasteiger partial charge in [-0.15, -0.1) is 0 Å². The fourth-order valence-electron chi connectivity index (χ4n) is 5.13. The van der Waals surface area contributed by atoms with Gasteiger partial charge in [0.2, 0.25) is 5.91 Å². The Kier molecular flexibility index (Phi) is 16.4. The van der Waals surface area contributed by atoms with Crippen LogP contribution < -0.4 is 26.2 Å². The fraction of sp³-hybridized carbons (Fsp3) is 0.613. The van der Waals surface area contributed by atoms with E-state index in [4.69, 9.17) is 46.9 Å². The Morgan fingerprint density at radius 1 is 0.854 bits per heavy atom. The summed E-state index contributed by atoms with van der Waals surface area (Å²) in [4.78, 5) is 48.1. The number of urea groups is 1. The normalized spacial score (nSPS) is 18.4. The van der Waals surface area contributed by atoms with Crippen LogP contribution in [0.5, 0.6) is 5.75 Å². The molecule has 2 aliphatic heterocycles. The third-order valence-electron chi connectivity index (χ3n) is 7.48. The number of rotatable bonds is 23. The molecule has 2 aromatic rings. The molecule has 3 atom stereocenters. The Labute approximate surface area is 293 Å². The van der Waals surface area contributed by atoms with Crippen molar-refractivity contribution in [3.05, 3.63) is 50.4 Å². The Morgan fingerprint density at radius 2 is 1.52 bits per heavy atom. The summed E-state index contributed by atoms with van der Waals surface area (Å²) in [5.74, 6) is 0.971. The van der Waals surface area contributed by atoms with Gasteiger partial charge in [0.1, 0.15) is 12.4 Å². The number of amides is 3. The average Bonchev–Trinajstić information content (AvgIpc) is 3.73. The molecule has 2 saturated heterocycles. The molecule has 1 aromatic heterocycles. The van der Waals surface area contributed by atoms with Crippen LogP contribution in [0.4, 0.5) is 4.79 Å². The Hall–Kier alpha value is -2.79. The smallest absolute Gasteiger partial charge is 0.315 e. The number of benzene rings is 1. The van der Waals surface area contributed by atoms with Gasteiger partial charge in [0, 0.05) is 40.1 Å². The van der Waals surface area contributed by atoms with Crippen molar-refractivity contribution in [2.24, 2.45) is 0 Å². The number of nitrogens with one attached hydrogen (secondary N) is 4. The summed E-state index contributed by atoms with van der Waals surface area (Å²) < 4.78 is 28.4. The van der Waals surface area contributed by atoms with Gasteiger partial charge in [-0.05, 0) is 31.0 Å². The summed E-state index contributed by atoms with van der Waals surface area (Å²) in [6.45, 7) is 3.25. The Morgan fingerprint density at radius 3 is 2.23 bits per heavy atom.